The van der Waals surface area contributed by atoms with Crippen LogP contribution in [0.2, 0.25) is 0 Å². The number of rotatable bonds is 8. The number of hydrogen-bond acceptors (Lipinski definition) is 3. The predicted molar refractivity (Wildman–Crippen MR) is 91.3 cm³/mol. The second kappa shape index (κ2) is 9.16. The number of benzene rings is 1. The molecule has 124 valence electrons. The van der Waals surface area contributed by atoms with Gasteiger partial charge in [0.05, 0.1) is 12.7 Å². The molecule has 0 saturated carbocycles. The molecular weight excluding hydrogens is 274 g/mol. The van der Waals surface area contributed by atoms with Gasteiger partial charge in [-0.25, -0.2) is 0 Å². The lowest BCUT2D eigenvalue weighted by atomic mass is 9.98. The lowest BCUT2D eigenvalue weighted by Crippen LogP contribution is -2.34. The maximum atomic E-state index is 10.3. The van der Waals surface area contributed by atoms with Crippen molar-refractivity contribution in [2.24, 2.45) is 5.92 Å². The lowest BCUT2D eigenvalue weighted by Gasteiger charge is -2.30. The molecule has 1 heterocycles. The van der Waals surface area contributed by atoms with E-state index in [1.165, 1.54) is 25.9 Å². The smallest absolute Gasteiger partial charge is 0.119 e. The summed E-state index contributed by atoms with van der Waals surface area (Å²) in [6, 6.07) is 7.92. The normalized spacial score (nSPS) is 18.3. The zero-order valence-corrected chi connectivity index (χ0v) is 14.1. The molecule has 0 amide bonds. The van der Waals surface area contributed by atoms with Crippen molar-refractivity contribution >= 4 is 0 Å². The van der Waals surface area contributed by atoms with Gasteiger partial charge in [-0.3, -0.25) is 0 Å². The van der Waals surface area contributed by atoms with Crippen LogP contribution in [0.15, 0.2) is 24.3 Å². The molecule has 22 heavy (non-hydrogen) atoms. The molecule has 1 unspecified atom stereocenters. The zero-order chi connectivity index (χ0) is 15.8. The van der Waals surface area contributed by atoms with Crippen molar-refractivity contribution in [2.45, 2.75) is 52.1 Å². The fraction of sp³-hybridized carbons (Fsp3) is 0.684. The van der Waals surface area contributed by atoms with E-state index in [0.29, 0.717) is 0 Å². The van der Waals surface area contributed by atoms with E-state index in [1.807, 2.05) is 24.3 Å². The van der Waals surface area contributed by atoms with Gasteiger partial charge in [0.1, 0.15) is 5.75 Å². The topological polar surface area (TPSA) is 32.7 Å². The Labute approximate surface area is 135 Å². The summed E-state index contributed by atoms with van der Waals surface area (Å²) < 4.78 is 5.66. The molecule has 0 aromatic heterocycles. The summed E-state index contributed by atoms with van der Waals surface area (Å²) in [5.41, 5.74) is 0.994. The minimum Gasteiger partial charge on any atom is -0.494 e. The Kier molecular flexibility index (Phi) is 7.20. The number of aliphatic hydroxyl groups excluding tert-OH is 1. The van der Waals surface area contributed by atoms with Crippen LogP contribution in [0, 0.1) is 5.92 Å². The van der Waals surface area contributed by atoms with Gasteiger partial charge in [-0.1, -0.05) is 32.4 Å². The van der Waals surface area contributed by atoms with Gasteiger partial charge in [-0.15, -0.1) is 0 Å². The van der Waals surface area contributed by atoms with E-state index < -0.39 is 0 Å². The third-order valence-corrected chi connectivity index (χ3v) is 4.63. The molecule has 0 aliphatic carbocycles. The average molecular weight is 305 g/mol. The van der Waals surface area contributed by atoms with Gasteiger partial charge >= 0.3 is 0 Å². The van der Waals surface area contributed by atoms with Gasteiger partial charge < -0.3 is 14.7 Å². The highest BCUT2D eigenvalue weighted by Gasteiger charge is 2.17. The van der Waals surface area contributed by atoms with Crippen molar-refractivity contribution in [3.8, 4) is 5.75 Å². The van der Waals surface area contributed by atoms with Crippen LogP contribution in [0.3, 0.4) is 0 Å². The molecule has 1 N–H and O–H groups in total. The third kappa shape index (κ3) is 5.62. The highest BCUT2D eigenvalue weighted by atomic mass is 16.5. The SMILES string of the molecule is CCCCOc1ccc(C(O)CCN2CCC(C)CC2)cc1. The van der Waals surface area contributed by atoms with Crippen molar-refractivity contribution in [1.82, 2.24) is 4.90 Å². The van der Waals surface area contributed by atoms with Crippen LogP contribution in [0.4, 0.5) is 0 Å². The fourth-order valence-electron chi connectivity index (χ4n) is 2.88. The number of likely N-dealkylation sites (tertiary alicyclic amines) is 1. The maximum absolute atomic E-state index is 10.3. The van der Waals surface area contributed by atoms with Crippen LogP contribution in [-0.2, 0) is 0 Å². The van der Waals surface area contributed by atoms with Crippen LogP contribution in [0.5, 0.6) is 5.75 Å². The van der Waals surface area contributed by atoms with Crippen molar-refractivity contribution in [1.29, 1.82) is 0 Å². The molecule has 0 radical (unpaired) electrons. The highest BCUT2D eigenvalue weighted by molar-refractivity contribution is 5.28. The minimum absolute atomic E-state index is 0.371. The van der Waals surface area contributed by atoms with Crippen molar-refractivity contribution in [3.05, 3.63) is 29.8 Å². The van der Waals surface area contributed by atoms with Gasteiger partial charge in [0.2, 0.25) is 0 Å². The first-order valence-electron chi connectivity index (χ1n) is 8.82. The molecule has 0 bridgehead atoms. The molecule has 1 saturated heterocycles. The Hall–Kier alpha value is -1.06. The molecule has 1 atom stereocenters. The fourth-order valence-corrected chi connectivity index (χ4v) is 2.88. The molecule has 0 spiro atoms. The maximum Gasteiger partial charge on any atom is 0.119 e. The molecule has 2 rings (SSSR count). The molecule has 3 heteroatoms. The van der Waals surface area contributed by atoms with E-state index in [-0.39, 0.29) is 6.10 Å². The number of ether oxygens (including phenoxy) is 1. The van der Waals surface area contributed by atoms with E-state index in [1.54, 1.807) is 0 Å². The third-order valence-electron chi connectivity index (χ3n) is 4.63. The standard InChI is InChI=1S/C19H31NO2/c1-3-4-15-22-18-7-5-17(6-8-18)19(21)11-14-20-12-9-16(2)10-13-20/h5-8,16,19,21H,3-4,9-15H2,1-2H3. The van der Waals surface area contributed by atoms with Crippen molar-refractivity contribution in [3.63, 3.8) is 0 Å². The van der Waals surface area contributed by atoms with Gasteiger partial charge in [0.25, 0.3) is 0 Å². The van der Waals surface area contributed by atoms with Crippen LogP contribution in [0.1, 0.15) is 57.6 Å². The van der Waals surface area contributed by atoms with Gasteiger partial charge in [0, 0.05) is 6.54 Å². The molecular formula is C19H31NO2. The average Bonchev–Trinajstić information content (AvgIpc) is 2.55. The Morgan fingerprint density at radius 2 is 1.91 bits per heavy atom. The molecule has 3 nitrogen and oxygen atoms in total. The van der Waals surface area contributed by atoms with Crippen LogP contribution in [-0.4, -0.2) is 36.2 Å². The second-order valence-corrected chi connectivity index (χ2v) is 6.60. The molecule has 1 fully saturated rings. The molecule has 1 aromatic carbocycles. The van der Waals surface area contributed by atoms with E-state index in [4.69, 9.17) is 4.74 Å². The first kappa shape index (κ1) is 17.3. The summed E-state index contributed by atoms with van der Waals surface area (Å²) in [6.45, 7) is 8.60. The van der Waals surface area contributed by atoms with Gasteiger partial charge in [0.15, 0.2) is 0 Å². The van der Waals surface area contributed by atoms with E-state index in [2.05, 4.69) is 18.7 Å². The number of nitrogens with zero attached hydrogens (tertiary/aromatic N) is 1. The quantitative estimate of drug-likeness (QED) is 0.736. The zero-order valence-electron chi connectivity index (χ0n) is 14.1. The van der Waals surface area contributed by atoms with Crippen LogP contribution >= 0.6 is 0 Å². The first-order chi connectivity index (χ1) is 10.7. The Morgan fingerprint density at radius 1 is 1.23 bits per heavy atom. The summed E-state index contributed by atoms with van der Waals surface area (Å²) in [4.78, 5) is 2.48. The summed E-state index contributed by atoms with van der Waals surface area (Å²) in [5.74, 6) is 1.76. The van der Waals surface area contributed by atoms with Crippen molar-refractivity contribution < 1.29 is 9.84 Å². The largest absolute Gasteiger partial charge is 0.494 e. The first-order valence-corrected chi connectivity index (χ1v) is 8.82. The van der Waals surface area contributed by atoms with Gasteiger partial charge in [-0.05, 0) is 62.4 Å². The number of unbranched alkanes of at least 4 members (excludes halogenated alkanes) is 1. The Morgan fingerprint density at radius 3 is 2.55 bits per heavy atom. The van der Waals surface area contributed by atoms with Gasteiger partial charge in [-0.2, -0.15) is 0 Å². The number of aliphatic hydroxyl groups is 1. The summed E-state index contributed by atoms with van der Waals surface area (Å²) in [7, 11) is 0. The summed E-state index contributed by atoms with van der Waals surface area (Å²) in [6.07, 6.45) is 5.25. The minimum atomic E-state index is -0.371. The van der Waals surface area contributed by atoms with E-state index >= 15 is 0 Å². The Bertz CT molecular complexity index is 410. The lowest BCUT2D eigenvalue weighted by molar-refractivity contribution is 0.125. The van der Waals surface area contributed by atoms with Crippen LogP contribution in [0.25, 0.3) is 0 Å². The predicted octanol–water partition coefficient (Wildman–Crippen LogP) is 4.02. The van der Waals surface area contributed by atoms with Crippen molar-refractivity contribution in [2.75, 3.05) is 26.2 Å². The molecule has 1 aromatic rings. The molecule has 1 aliphatic heterocycles. The second-order valence-electron chi connectivity index (χ2n) is 6.60. The Balaban J connectivity index is 1.73. The molecule has 1 aliphatic rings. The number of hydrogen-bond donors (Lipinski definition) is 1. The van der Waals surface area contributed by atoms with E-state index in [0.717, 1.165) is 49.6 Å². The highest BCUT2D eigenvalue weighted by Crippen LogP contribution is 2.22. The van der Waals surface area contributed by atoms with E-state index in [9.17, 15) is 5.11 Å². The van der Waals surface area contributed by atoms with Crippen LogP contribution < -0.4 is 4.74 Å². The summed E-state index contributed by atoms with van der Waals surface area (Å²) in [5, 5.41) is 10.3. The monoisotopic (exact) mass is 305 g/mol. The number of piperidine rings is 1. The summed E-state index contributed by atoms with van der Waals surface area (Å²) >= 11 is 0.